The fraction of sp³-hybridized carbons (Fsp3) is 0.292. The Morgan fingerprint density at radius 2 is 1.93 bits per heavy atom. The summed E-state index contributed by atoms with van der Waals surface area (Å²) in [7, 11) is 0. The van der Waals surface area contributed by atoms with E-state index in [1.165, 1.54) is 0 Å². The standard InChI is InChI=1S/C24H26N4O2/c1-4-6-14-28-23-20(15-18-9-7-8-16(3)21(18)25-23)22(27-28)26-24(29)17-10-12-19(13-11-17)30-5-2/h7-13,15H,4-6,14H2,1-3H3,(H,26,27,29). The van der Waals surface area contributed by atoms with Crippen molar-refractivity contribution in [3.63, 3.8) is 0 Å². The van der Waals surface area contributed by atoms with Crippen LogP contribution >= 0.6 is 0 Å². The van der Waals surface area contributed by atoms with E-state index in [1.54, 1.807) is 24.3 Å². The molecule has 0 aliphatic carbocycles. The molecular formula is C24H26N4O2. The van der Waals surface area contributed by atoms with Crippen LogP contribution < -0.4 is 10.1 Å². The summed E-state index contributed by atoms with van der Waals surface area (Å²) in [6, 6.07) is 15.3. The summed E-state index contributed by atoms with van der Waals surface area (Å²) in [5, 5.41) is 9.55. The number of rotatable bonds is 7. The summed E-state index contributed by atoms with van der Waals surface area (Å²) in [4.78, 5) is 17.7. The van der Waals surface area contributed by atoms with Gasteiger partial charge in [0.15, 0.2) is 11.5 Å². The van der Waals surface area contributed by atoms with Crippen LogP contribution in [-0.2, 0) is 6.54 Å². The Bertz CT molecular complexity index is 1200. The van der Waals surface area contributed by atoms with Crippen molar-refractivity contribution in [1.29, 1.82) is 0 Å². The third-order valence-electron chi connectivity index (χ3n) is 5.13. The summed E-state index contributed by atoms with van der Waals surface area (Å²) in [6.07, 6.45) is 2.05. The zero-order valence-electron chi connectivity index (χ0n) is 17.6. The molecule has 2 heterocycles. The fourth-order valence-corrected chi connectivity index (χ4v) is 3.54. The molecule has 0 saturated carbocycles. The maximum atomic E-state index is 12.8. The molecule has 0 fully saturated rings. The number of nitrogens with one attached hydrogen (secondary N) is 1. The Balaban J connectivity index is 1.72. The number of benzene rings is 2. The summed E-state index contributed by atoms with van der Waals surface area (Å²) in [5.41, 5.74) is 3.44. The molecule has 0 bridgehead atoms. The lowest BCUT2D eigenvalue weighted by atomic mass is 10.1. The van der Waals surface area contributed by atoms with E-state index in [0.717, 1.165) is 52.6 Å². The van der Waals surface area contributed by atoms with E-state index in [9.17, 15) is 4.79 Å². The van der Waals surface area contributed by atoms with E-state index < -0.39 is 0 Å². The smallest absolute Gasteiger partial charge is 0.256 e. The Morgan fingerprint density at radius 1 is 1.13 bits per heavy atom. The number of aryl methyl sites for hydroxylation is 2. The molecule has 0 saturated heterocycles. The molecule has 154 valence electrons. The van der Waals surface area contributed by atoms with Gasteiger partial charge in [0.1, 0.15) is 5.75 Å². The second-order valence-electron chi connectivity index (χ2n) is 7.34. The maximum Gasteiger partial charge on any atom is 0.256 e. The van der Waals surface area contributed by atoms with Gasteiger partial charge < -0.3 is 10.1 Å². The Hall–Kier alpha value is -3.41. The molecule has 6 heteroatoms. The van der Waals surface area contributed by atoms with Gasteiger partial charge in [-0.15, -0.1) is 0 Å². The van der Waals surface area contributed by atoms with Gasteiger partial charge >= 0.3 is 0 Å². The average Bonchev–Trinajstić information content (AvgIpc) is 3.08. The Labute approximate surface area is 175 Å². The first-order chi connectivity index (χ1) is 14.6. The molecule has 1 amide bonds. The van der Waals surface area contributed by atoms with Gasteiger partial charge in [0.05, 0.1) is 17.5 Å². The molecule has 0 radical (unpaired) electrons. The SMILES string of the molecule is CCCCn1nc(NC(=O)c2ccc(OCC)cc2)c2cc3cccc(C)c3nc21. The van der Waals surface area contributed by atoms with Gasteiger partial charge in [-0.2, -0.15) is 5.10 Å². The van der Waals surface area contributed by atoms with Crippen molar-refractivity contribution in [2.24, 2.45) is 0 Å². The van der Waals surface area contributed by atoms with Crippen molar-refractivity contribution in [1.82, 2.24) is 14.8 Å². The van der Waals surface area contributed by atoms with Crippen LogP contribution in [0.4, 0.5) is 5.82 Å². The van der Waals surface area contributed by atoms with Gasteiger partial charge in [-0.25, -0.2) is 9.67 Å². The number of ether oxygens (including phenoxy) is 1. The fourth-order valence-electron chi connectivity index (χ4n) is 3.54. The second-order valence-corrected chi connectivity index (χ2v) is 7.34. The normalized spacial score (nSPS) is 11.2. The van der Waals surface area contributed by atoms with E-state index in [1.807, 2.05) is 23.7 Å². The van der Waals surface area contributed by atoms with E-state index in [4.69, 9.17) is 9.72 Å². The molecule has 2 aromatic heterocycles. The second kappa shape index (κ2) is 8.53. The molecular weight excluding hydrogens is 376 g/mol. The number of fused-ring (bicyclic) bond motifs is 2. The number of carbonyl (C=O) groups is 1. The van der Waals surface area contributed by atoms with Gasteiger partial charge in [-0.1, -0.05) is 31.5 Å². The number of carbonyl (C=O) groups excluding carboxylic acids is 1. The highest BCUT2D eigenvalue weighted by Gasteiger charge is 2.17. The highest BCUT2D eigenvalue weighted by Crippen LogP contribution is 2.28. The summed E-state index contributed by atoms with van der Waals surface area (Å²) >= 11 is 0. The zero-order valence-corrected chi connectivity index (χ0v) is 17.6. The first-order valence-electron chi connectivity index (χ1n) is 10.4. The number of hydrogen-bond donors (Lipinski definition) is 1. The van der Waals surface area contributed by atoms with Crippen molar-refractivity contribution in [2.45, 2.75) is 40.2 Å². The molecule has 4 aromatic rings. The molecule has 6 nitrogen and oxygen atoms in total. The van der Waals surface area contributed by atoms with Gasteiger partial charge in [-0.05, 0) is 56.2 Å². The molecule has 0 aliphatic heterocycles. The number of amides is 1. The minimum absolute atomic E-state index is 0.204. The molecule has 2 aromatic carbocycles. The van der Waals surface area contributed by atoms with E-state index in [0.29, 0.717) is 18.0 Å². The van der Waals surface area contributed by atoms with Gasteiger partial charge in [0, 0.05) is 17.5 Å². The minimum atomic E-state index is -0.204. The molecule has 0 aliphatic rings. The van der Waals surface area contributed by atoms with Gasteiger partial charge in [0.2, 0.25) is 0 Å². The Kier molecular flexibility index (Phi) is 5.65. The molecule has 0 atom stereocenters. The van der Waals surface area contributed by atoms with E-state index >= 15 is 0 Å². The van der Waals surface area contributed by atoms with Crippen molar-refractivity contribution in [2.75, 3.05) is 11.9 Å². The van der Waals surface area contributed by atoms with Crippen LogP contribution in [-0.4, -0.2) is 27.3 Å². The molecule has 0 spiro atoms. The average molecular weight is 402 g/mol. The van der Waals surface area contributed by atoms with Crippen LogP contribution in [0.2, 0.25) is 0 Å². The van der Waals surface area contributed by atoms with Crippen LogP contribution in [0.15, 0.2) is 48.5 Å². The van der Waals surface area contributed by atoms with Crippen LogP contribution in [0, 0.1) is 6.92 Å². The number of anilines is 1. The largest absolute Gasteiger partial charge is 0.494 e. The van der Waals surface area contributed by atoms with Crippen molar-refractivity contribution >= 4 is 33.7 Å². The quantitative estimate of drug-likeness (QED) is 0.453. The van der Waals surface area contributed by atoms with Crippen LogP contribution in [0.25, 0.3) is 21.9 Å². The number of pyridine rings is 1. The summed E-state index contributed by atoms with van der Waals surface area (Å²) in [5.74, 6) is 1.08. The molecule has 1 N–H and O–H groups in total. The lowest BCUT2D eigenvalue weighted by molar-refractivity contribution is 0.102. The summed E-state index contributed by atoms with van der Waals surface area (Å²) in [6.45, 7) is 7.49. The number of hydrogen-bond acceptors (Lipinski definition) is 4. The van der Waals surface area contributed by atoms with E-state index in [2.05, 4.69) is 36.4 Å². The van der Waals surface area contributed by atoms with Crippen molar-refractivity contribution < 1.29 is 9.53 Å². The third kappa shape index (κ3) is 3.85. The Morgan fingerprint density at radius 3 is 2.67 bits per heavy atom. The lowest BCUT2D eigenvalue weighted by Crippen LogP contribution is -2.13. The van der Waals surface area contributed by atoms with Gasteiger partial charge in [0.25, 0.3) is 5.91 Å². The highest BCUT2D eigenvalue weighted by molar-refractivity contribution is 6.09. The number of unbranched alkanes of at least 4 members (excludes halogenated alkanes) is 1. The topological polar surface area (TPSA) is 69.0 Å². The first kappa shape index (κ1) is 19.9. The molecule has 30 heavy (non-hydrogen) atoms. The first-order valence-corrected chi connectivity index (χ1v) is 10.4. The maximum absolute atomic E-state index is 12.8. The molecule has 0 unspecified atom stereocenters. The number of aromatic nitrogens is 3. The number of para-hydroxylation sites is 1. The third-order valence-corrected chi connectivity index (χ3v) is 5.13. The summed E-state index contributed by atoms with van der Waals surface area (Å²) < 4.78 is 7.35. The van der Waals surface area contributed by atoms with Crippen LogP contribution in [0.3, 0.4) is 0 Å². The monoisotopic (exact) mass is 402 g/mol. The van der Waals surface area contributed by atoms with Crippen molar-refractivity contribution in [3.05, 3.63) is 59.7 Å². The zero-order chi connectivity index (χ0) is 21.1. The predicted molar refractivity (Wildman–Crippen MR) is 120 cm³/mol. The minimum Gasteiger partial charge on any atom is -0.494 e. The number of nitrogens with zero attached hydrogens (tertiary/aromatic N) is 3. The van der Waals surface area contributed by atoms with Gasteiger partial charge in [-0.3, -0.25) is 4.79 Å². The van der Waals surface area contributed by atoms with Crippen LogP contribution in [0.5, 0.6) is 5.75 Å². The lowest BCUT2D eigenvalue weighted by Gasteiger charge is -2.06. The highest BCUT2D eigenvalue weighted by atomic mass is 16.5. The van der Waals surface area contributed by atoms with E-state index in [-0.39, 0.29) is 5.91 Å². The molecule has 4 rings (SSSR count). The van der Waals surface area contributed by atoms with Crippen molar-refractivity contribution in [3.8, 4) is 5.75 Å². The predicted octanol–water partition coefficient (Wildman–Crippen LogP) is 5.34. The van der Waals surface area contributed by atoms with Crippen LogP contribution in [0.1, 0.15) is 42.6 Å².